The molecule has 1 aliphatic carbocycles. The van der Waals surface area contributed by atoms with E-state index in [0.29, 0.717) is 11.1 Å². The van der Waals surface area contributed by atoms with Crippen molar-refractivity contribution in [2.45, 2.75) is 39.5 Å². The normalized spacial score (nSPS) is 12.8. The van der Waals surface area contributed by atoms with Crippen molar-refractivity contribution in [2.75, 3.05) is 18.0 Å². The van der Waals surface area contributed by atoms with Gasteiger partial charge in [0.25, 0.3) is 0 Å². The van der Waals surface area contributed by atoms with Gasteiger partial charge >= 0.3 is 0 Å². The second-order valence-corrected chi connectivity index (χ2v) is 6.51. The molecule has 3 rings (SSSR count). The van der Waals surface area contributed by atoms with Gasteiger partial charge in [0.1, 0.15) is 0 Å². The molecule has 0 bridgehead atoms. The van der Waals surface area contributed by atoms with Crippen LogP contribution < -0.4 is 4.90 Å². The van der Waals surface area contributed by atoms with E-state index in [4.69, 9.17) is 0 Å². The number of hydrogen-bond donors (Lipinski definition) is 0. The van der Waals surface area contributed by atoms with Crippen molar-refractivity contribution in [2.24, 2.45) is 0 Å². The monoisotopic (exact) mass is 329 g/mol. The van der Waals surface area contributed by atoms with Gasteiger partial charge in [-0.25, -0.2) is 0 Å². The Balaban J connectivity index is 1.97. The molecule has 0 saturated carbocycles. The summed E-state index contributed by atoms with van der Waals surface area (Å²) in [7, 11) is 0. The van der Waals surface area contributed by atoms with Crippen LogP contribution >= 0.6 is 0 Å². The molecule has 0 amide bonds. The van der Waals surface area contributed by atoms with E-state index >= 15 is 0 Å². The fourth-order valence-electron chi connectivity index (χ4n) is 3.82. The first-order valence-corrected chi connectivity index (χ1v) is 9.02. The number of rotatable bonds is 3. The summed E-state index contributed by atoms with van der Waals surface area (Å²) in [5.41, 5.74) is 7.61. The van der Waals surface area contributed by atoms with Gasteiger partial charge in [0.05, 0.1) is 23.3 Å². The lowest BCUT2D eigenvalue weighted by Crippen LogP contribution is -2.22. The molecule has 1 aliphatic rings. The number of fused-ring (bicyclic) bond motifs is 2. The highest BCUT2D eigenvalue weighted by atomic mass is 15.1. The summed E-state index contributed by atoms with van der Waals surface area (Å²) in [6.45, 7) is 6.39. The second kappa shape index (κ2) is 7.41. The summed E-state index contributed by atoms with van der Waals surface area (Å²) < 4.78 is 0. The summed E-state index contributed by atoms with van der Waals surface area (Å²) in [5, 5.41) is 18.7. The van der Waals surface area contributed by atoms with Gasteiger partial charge in [0.2, 0.25) is 0 Å². The highest BCUT2D eigenvalue weighted by Crippen LogP contribution is 2.28. The van der Waals surface area contributed by atoms with Crippen molar-refractivity contribution in [1.82, 2.24) is 0 Å². The molecule has 3 heteroatoms. The third kappa shape index (κ3) is 3.37. The average Bonchev–Trinajstić information content (AvgIpc) is 2.64. The second-order valence-electron chi connectivity index (χ2n) is 6.51. The van der Waals surface area contributed by atoms with E-state index in [2.05, 4.69) is 49.1 Å². The molecule has 0 unspecified atom stereocenters. The Morgan fingerprint density at radius 3 is 2.24 bits per heavy atom. The predicted molar refractivity (Wildman–Crippen MR) is 101 cm³/mol. The van der Waals surface area contributed by atoms with Crippen molar-refractivity contribution in [1.29, 1.82) is 10.5 Å². The standard InChI is InChI=1S/C22H23N3/c1-3-25(4-2)21-9-7-17-8-10-22-19(6-5-18(17)13-21)11-16(14-23)12-20(22)15-24/h7,9,11-13H,3-6,8,10H2,1-2H3. The van der Waals surface area contributed by atoms with Gasteiger partial charge in [-0.3, -0.25) is 0 Å². The molecule has 0 atom stereocenters. The van der Waals surface area contributed by atoms with Gasteiger partial charge in [0.15, 0.2) is 0 Å². The molecule has 0 saturated heterocycles. The summed E-state index contributed by atoms with van der Waals surface area (Å²) in [4.78, 5) is 2.37. The molecule has 2 aromatic carbocycles. The molecule has 0 N–H and O–H groups in total. The Kier molecular flexibility index (Phi) is 5.05. The number of benzene rings is 2. The van der Waals surface area contributed by atoms with Crippen LogP contribution in [-0.4, -0.2) is 13.1 Å². The van der Waals surface area contributed by atoms with Crippen LogP contribution in [0.25, 0.3) is 0 Å². The Bertz CT molecular complexity index is 864. The van der Waals surface area contributed by atoms with Crippen LogP contribution in [0.5, 0.6) is 0 Å². The van der Waals surface area contributed by atoms with E-state index in [1.165, 1.54) is 16.8 Å². The molecule has 126 valence electrons. The van der Waals surface area contributed by atoms with Crippen molar-refractivity contribution >= 4 is 5.69 Å². The van der Waals surface area contributed by atoms with Gasteiger partial charge in [-0.05, 0) is 86.1 Å². The smallest absolute Gasteiger partial charge is 0.0995 e. The highest BCUT2D eigenvalue weighted by Gasteiger charge is 2.17. The molecular formula is C22H23N3. The zero-order chi connectivity index (χ0) is 17.8. The summed E-state index contributed by atoms with van der Waals surface area (Å²) in [6, 6.07) is 15.0. The Labute approximate surface area is 150 Å². The average molecular weight is 329 g/mol. The largest absolute Gasteiger partial charge is 0.372 e. The van der Waals surface area contributed by atoms with E-state index in [1.807, 2.05) is 6.07 Å². The van der Waals surface area contributed by atoms with Crippen LogP contribution in [0.4, 0.5) is 5.69 Å². The van der Waals surface area contributed by atoms with E-state index in [9.17, 15) is 10.5 Å². The van der Waals surface area contributed by atoms with E-state index in [1.54, 1.807) is 6.07 Å². The summed E-state index contributed by atoms with van der Waals surface area (Å²) >= 11 is 0. The quantitative estimate of drug-likeness (QED) is 0.849. The van der Waals surface area contributed by atoms with Crippen LogP contribution in [0.1, 0.15) is 47.2 Å². The zero-order valence-electron chi connectivity index (χ0n) is 15.0. The fraction of sp³-hybridized carbons (Fsp3) is 0.364. The maximum Gasteiger partial charge on any atom is 0.0995 e. The topological polar surface area (TPSA) is 50.8 Å². The van der Waals surface area contributed by atoms with Crippen LogP contribution in [0.15, 0.2) is 30.3 Å². The number of hydrogen-bond acceptors (Lipinski definition) is 3. The van der Waals surface area contributed by atoms with Gasteiger partial charge in [-0.1, -0.05) is 6.07 Å². The predicted octanol–water partition coefficient (Wildman–Crippen LogP) is 4.16. The number of aryl methyl sites for hydroxylation is 3. The van der Waals surface area contributed by atoms with E-state index in [0.717, 1.165) is 49.9 Å². The van der Waals surface area contributed by atoms with Gasteiger partial charge in [0, 0.05) is 18.8 Å². The third-order valence-corrected chi connectivity index (χ3v) is 5.22. The molecule has 3 nitrogen and oxygen atoms in total. The van der Waals surface area contributed by atoms with Crippen LogP contribution in [0.2, 0.25) is 0 Å². The Morgan fingerprint density at radius 2 is 1.56 bits per heavy atom. The molecule has 2 aromatic rings. The Morgan fingerprint density at radius 1 is 0.840 bits per heavy atom. The molecule has 0 heterocycles. The first-order chi connectivity index (χ1) is 12.2. The maximum atomic E-state index is 9.46. The van der Waals surface area contributed by atoms with E-state index in [-0.39, 0.29) is 0 Å². The summed E-state index contributed by atoms with van der Waals surface area (Å²) in [6.07, 6.45) is 3.65. The minimum Gasteiger partial charge on any atom is -0.372 e. The first-order valence-electron chi connectivity index (χ1n) is 9.02. The van der Waals surface area contributed by atoms with Crippen molar-refractivity contribution in [3.05, 3.63) is 63.7 Å². The lowest BCUT2D eigenvalue weighted by Gasteiger charge is -2.24. The van der Waals surface area contributed by atoms with Crippen LogP contribution in [0, 0.1) is 22.7 Å². The van der Waals surface area contributed by atoms with Crippen LogP contribution in [0.3, 0.4) is 0 Å². The van der Waals surface area contributed by atoms with Crippen molar-refractivity contribution in [3.63, 3.8) is 0 Å². The molecule has 0 spiro atoms. The molecular weight excluding hydrogens is 306 g/mol. The highest BCUT2D eigenvalue weighted by molar-refractivity contribution is 5.54. The minimum atomic E-state index is 0.591. The number of nitrogens with zero attached hydrogens (tertiary/aromatic N) is 3. The Hall–Kier alpha value is -2.78. The van der Waals surface area contributed by atoms with Crippen molar-refractivity contribution in [3.8, 4) is 12.1 Å². The molecule has 0 aromatic heterocycles. The van der Waals surface area contributed by atoms with E-state index < -0.39 is 0 Å². The van der Waals surface area contributed by atoms with Gasteiger partial charge < -0.3 is 4.90 Å². The lowest BCUT2D eigenvalue weighted by molar-refractivity contribution is 0.827. The maximum absolute atomic E-state index is 9.46. The summed E-state index contributed by atoms with van der Waals surface area (Å²) in [5.74, 6) is 0. The molecule has 0 fully saturated rings. The number of anilines is 1. The molecule has 25 heavy (non-hydrogen) atoms. The SMILES string of the molecule is CCN(CC)c1ccc2c(c1)CCc1cc(C#N)cc(C#N)c1CC2. The van der Waals surface area contributed by atoms with Crippen LogP contribution in [-0.2, 0) is 25.7 Å². The lowest BCUT2D eigenvalue weighted by atomic mass is 9.85. The third-order valence-electron chi connectivity index (χ3n) is 5.22. The minimum absolute atomic E-state index is 0.591. The molecule has 0 aliphatic heterocycles. The molecule has 0 radical (unpaired) electrons. The zero-order valence-corrected chi connectivity index (χ0v) is 15.0. The number of nitriles is 2. The fourth-order valence-corrected chi connectivity index (χ4v) is 3.82. The van der Waals surface area contributed by atoms with Gasteiger partial charge in [-0.2, -0.15) is 10.5 Å². The van der Waals surface area contributed by atoms with Gasteiger partial charge in [-0.15, -0.1) is 0 Å². The van der Waals surface area contributed by atoms with Crippen molar-refractivity contribution < 1.29 is 0 Å². The first kappa shape index (κ1) is 17.1.